The molecule has 0 aliphatic carbocycles. The van der Waals surface area contributed by atoms with E-state index in [1.165, 1.54) is 21.8 Å². The van der Waals surface area contributed by atoms with Gasteiger partial charge in [-0.1, -0.05) is 0 Å². The molecule has 0 amide bonds. The van der Waals surface area contributed by atoms with Gasteiger partial charge in [0.1, 0.15) is 0 Å². The Morgan fingerprint density at radius 1 is 0.750 bits per heavy atom. The molecule has 2 aromatic heterocycles. The Balaban J connectivity index is 2.44. The van der Waals surface area contributed by atoms with Crippen LogP contribution in [0.2, 0.25) is 0 Å². The fourth-order valence-corrected chi connectivity index (χ4v) is 2.86. The van der Waals surface area contributed by atoms with Gasteiger partial charge in [0, 0.05) is 22.9 Å². The number of aromatic nitrogens is 4. The lowest BCUT2D eigenvalue weighted by molar-refractivity contribution is 0.543. The number of fused-ring (bicyclic) bond motifs is 2. The zero-order valence-electron chi connectivity index (χ0n) is 13.1. The molecule has 106 valence electrons. The van der Waals surface area contributed by atoms with Gasteiger partial charge in [-0.3, -0.25) is 9.36 Å². The van der Waals surface area contributed by atoms with Gasteiger partial charge < -0.3 is 0 Å². The number of hydrogen-bond donors (Lipinski definition) is 0. The zero-order valence-corrected chi connectivity index (χ0v) is 13.1. The molecule has 0 aliphatic rings. The molecule has 0 spiro atoms. The maximum absolute atomic E-state index is 4.68. The minimum absolute atomic E-state index is 0.361. The monoisotopic (exact) mass is 270 g/mol. The van der Waals surface area contributed by atoms with Crippen molar-refractivity contribution in [2.45, 2.75) is 53.6 Å². The standard InChI is InChI=1S/C16H22N4/c1-9(2)19-15-8-16-14(7-13(15)11(5)17-19)12(6)18-20(16)10(3)4/h7-10H,1-6H3. The quantitative estimate of drug-likeness (QED) is 0.700. The van der Waals surface area contributed by atoms with Crippen molar-refractivity contribution < 1.29 is 0 Å². The van der Waals surface area contributed by atoms with Crippen molar-refractivity contribution in [2.24, 2.45) is 0 Å². The first-order valence-electron chi connectivity index (χ1n) is 7.27. The van der Waals surface area contributed by atoms with Gasteiger partial charge in [-0.25, -0.2) is 0 Å². The maximum Gasteiger partial charge on any atom is 0.0710 e. The molecule has 20 heavy (non-hydrogen) atoms. The Labute approximate surface area is 119 Å². The van der Waals surface area contributed by atoms with Crippen LogP contribution in [0.5, 0.6) is 0 Å². The average Bonchev–Trinajstić information content (AvgIpc) is 2.87. The Morgan fingerprint density at radius 2 is 1.15 bits per heavy atom. The second-order valence-corrected chi connectivity index (χ2v) is 6.13. The first kappa shape index (κ1) is 13.2. The van der Waals surface area contributed by atoms with Gasteiger partial charge in [0.25, 0.3) is 0 Å². The average molecular weight is 270 g/mol. The Hall–Kier alpha value is -1.84. The molecular formula is C16H22N4. The number of benzene rings is 1. The number of hydrogen-bond acceptors (Lipinski definition) is 2. The van der Waals surface area contributed by atoms with Crippen molar-refractivity contribution in [1.29, 1.82) is 0 Å². The molecule has 0 radical (unpaired) electrons. The molecule has 3 rings (SSSR count). The van der Waals surface area contributed by atoms with Crippen LogP contribution in [0.1, 0.15) is 51.2 Å². The maximum atomic E-state index is 4.68. The summed E-state index contributed by atoms with van der Waals surface area (Å²) in [6, 6.07) is 5.21. The van der Waals surface area contributed by atoms with Crippen LogP contribution >= 0.6 is 0 Å². The molecule has 0 fully saturated rings. The lowest BCUT2D eigenvalue weighted by Gasteiger charge is -2.09. The predicted octanol–water partition coefficient (Wildman–Crippen LogP) is 4.16. The second kappa shape index (κ2) is 4.33. The molecule has 2 heterocycles. The highest BCUT2D eigenvalue weighted by Crippen LogP contribution is 2.30. The van der Waals surface area contributed by atoms with Crippen LogP contribution in [-0.2, 0) is 0 Å². The summed E-state index contributed by atoms with van der Waals surface area (Å²) in [4.78, 5) is 0. The third-order valence-corrected chi connectivity index (χ3v) is 3.88. The van der Waals surface area contributed by atoms with Gasteiger partial charge in [0.2, 0.25) is 0 Å². The first-order valence-corrected chi connectivity index (χ1v) is 7.27. The van der Waals surface area contributed by atoms with E-state index >= 15 is 0 Å². The van der Waals surface area contributed by atoms with Gasteiger partial charge in [0.05, 0.1) is 22.4 Å². The van der Waals surface area contributed by atoms with Crippen molar-refractivity contribution in [3.8, 4) is 0 Å². The fraction of sp³-hybridized carbons (Fsp3) is 0.500. The Bertz CT molecular complexity index is 726. The van der Waals surface area contributed by atoms with Crippen LogP contribution in [0.15, 0.2) is 12.1 Å². The van der Waals surface area contributed by atoms with Gasteiger partial charge in [-0.15, -0.1) is 0 Å². The van der Waals surface area contributed by atoms with Crippen molar-refractivity contribution in [3.05, 3.63) is 23.5 Å². The molecule has 0 aliphatic heterocycles. The summed E-state index contributed by atoms with van der Waals surface area (Å²) >= 11 is 0. The van der Waals surface area contributed by atoms with Crippen molar-refractivity contribution in [3.63, 3.8) is 0 Å². The third kappa shape index (κ3) is 1.74. The molecule has 0 unspecified atom stereocenters. The highest BCUT2D eigenvalue weighted by atomic mass is 15.3. The summed E-state index contributed by atoms with van der Waals surface area (Å²) in [5.41, 5.74) is 4.58. The molecule has 0 saturated carbocycles. The SMILES string of the molecule is Cc1nn(C(C)C)c2cc3c(cc12)c(C)nn3C(C)C. The van der Waals surface area contributed by atoms with Crippen LogP contribution in [0.4, 0.5) is 0 Å². The largest absolute Gasteiger partial charge is 0.262 e. The van der Waals surface area contributed by atoms with E-state index < -0.39 is 0 Å². The molecule has 3 aromatic rings. The molecule has 0 N–H and O–H groups in total. The van der Waals surface area contributed by atoms with E-state index in [0.29, 0.717) is 12.1 Å². The number of aryl methyl sites for hydroxylation is 2. The van der Waals surface area contributed by atoms with Crippen LogP contribution in [0.25, 0.3) is 21.8 Å². The number of rotatable bonds is 2. The predicted molar refractivity (Wildman–Crippen MR) is 83.3 cm³/mol. The van der Waals surface area contributed by atoms with E-state index in [0.717, 1.165) is 11.4 Å². The minimum atomic E-state index is 0.361. The molecular weight excluding hydrogens is 248 g/mol. The van der Waals surface area contributed by atoms with Gasteiger partial charge in [-0.2, -0.15) is 10.2 Å². The third-order valence-electron chi connectivity index (χ3n) is 3.88. The number of nitrogens with zero attached hydrogens (tertiary/aromatic N) is 4. The summed E-state index contributed by atoms with van der Waals surface area (Å²) in [5, 5.41) is 11.8. The van der Waals surface area contributed by atoms with Crippen LogP contribution in [-0.4, -0.2) is 19.6 Å². The van der Waals surface area contributed by atoms with E-state index in [4.69, 9.17) is 0 Å². The molecule has 4 heteroatoms. The van der Waals surface area contributed by atoms with Gasteiger partial charge in [-0.05, 0) is 53.7 Å². The summed E-state index contributed by atoms with van der Waals surface area (Å²) in [6.07, 6.45) is 0. The smallest absolute Gasteiger partial charge is 0.0710 e. The molecule has 1 aromatic carbocycles. The normalized spacial score (nSPS) is 12.4. The lowest BCUT2D eigenvalue weighted by Crippen LogP contribution is -2.04. The zero-order chi connectivity index (χ0) is 14.6. The molecule has 0 atom stereocenters. The molecule has 0 bridgehead atoms. The van der Waals surface area contributed by atoms with Crippen LogP contribution in [0, 0.1) is 13.8 Å². The summed E-state index contributed by atoms with van der Waals surface area (Å²) in [6.45, 7) is 12.8. The Morgan fingerprint density at radius 3 is 1.50 bits per heavy atom. The molecule has 0 saturated heterocycles. The highest BCUT2D eigenvalue weighted by Gasteiger charge is 2.16. The summed E-state index contributed by atoms with van der Waals surface area (Å²) in [5.74, 6) is 0. The Kier molecular flexibility index (Phi) is 2.85. The topological polar surface area (TPSA) is 35.6 Å². The van der Waals surface area contributed by atoms with Crippen molar-refractivity contribution in [2.75, 3.05) is 0 Å². The van der Waals surface area contributed by atoms with Crippen molar-refractivity contribution in [1.82, 2.24) is 19.6 Å². The van der Waals surface area contributed by atoms with Crippen LogP contribution < -0.4 is 0 Å². The van der Waals surface area contributed by atoms with E-state index in [9.17, 15) is 0 Å². The fourth-order valence-electron chi connectivity index (χ4n) is 2.86. The van der Waals surface area contributed by atoms with E-state index in [1.807, 2.05) is 0 Å². The highest BCUT2D eigenvalue weighted by molar-refractivity contribution is 5.97. The van der Waals surface area contributed by atoms with E-state index in [1.54, 1.807) is 0 Å². The van der Waals surface area contributed by atoms with Gasteiger partial charge >= 0.3 is 0 Å². The lowest BCUT2D eigenvalue weighted by atomic mass is 10.1. The van der Waals surface area contributed by atoms with E-state index in [-0.39, 0.29) is 0 Å². The first-order chi connectivity index (χ1) is 9.40. The van der Waals surface area contributed by atoms with Gasteiger partial charge in [0.15, 0.2) is 0 Å². The summed E-state index contributed by atoms with van der Waals surface area (Å²) in [7, 11) is 0. The van der Waals surface area contributed by atoms with Crippen molar-refractivity contribution >= 4 is 21.8 Å². The second-order valence-electron chi connectivity index (χ2n) is 6.13. The molecule has 4 nitrogen and oxygen atoms in total. The van der Waals surface area contributed by atoms with E-state index in [2.05, 4.69) is 73.2 Å². The summed E-state index contributed by atoms with van der Waals surface area (Å²) < 4.78 is 4.22. The van der Waals surface area contributed by atoms with Crippen LogP contribution in [0.3, 0.4) is 0 Å². The minimum Gasteiger partial charge on any atom is -0.262 e.